The molecule has 0 unspecified atom stereocenters. The lowest BCUT2D eigenvalue weighted by molar-refractivity contribution is 0.0946. The lowest BCUT2D eigenvalue weighted by Crippen LogP contribution is -2.23. The van der Waals surface area contributed by atoms with Crippen molar-refractivity contribution in [3.05, 3.63) is 125 Å². The molecule has 5 aromatic rings. The minimum absolute atomic E-state index is 0.104. The Morgan fingerprint density at radius 2 is 1.82 bits per heavy atom. The van der Waals surface area contributed by atoms with Gasteiger partial charge in [-0.05, 0) is 73.8 Å². The molecule has 0 spiro atoms. The number of hydrogen-bond acceptors (Lipinski definition) is 5. The topological polar surface area (TPSA) is 93.6 Å². The van der Waals surface area contributed by atoms with Gasteiger partial charge in [-0.3, -0.25) is 9.78 Å². The Balaban J connectivity index is 1.53. The monoisotopic (exact) mass is 521 g/mol. The largest absolute Gasteiger partial charge is 0.494 e. The quantitative estimate of drug-likeness (QED) is 0.233. The van der Waals surface area contributed by atoms with E-state index in [9.17, 15) is 14.3 Å². The maximum atomic E-state index is 13.9. The fourth-order valence-electron chi connectivity index (χ4n) is 4.43. The first kappa shape index (κ1) is 25.8. The summed E-state index contributed by atoms with van der Waals surface area (Å²) in [5, 5.41) is 14.5. The van der Waals surface area contributed by atoms with E-state index < -0.39 is 5.82 Å². The molecule has 8 heteroatoms. The van der Waals surface area contributed by atoms with Crippen LogP contribution in [0.5, 0.6) is 5.88 Å². The summed E-state index contributed by atoms with van der Waals surface area (Å²) >= 11 is 0. The zero-order valence-corrected chi connectivity index (χ0v) is 21.6. The van der Waals surface area contributed by atoms with Crippen LogP contribution in [-0.2, 0) is 13.1 Å². The van der Waals surface area contributed by atoms with E-state index in [1.54, 1.807) is 30.5 Å². The van der Waals surface area contributed by atoms with Gasteiger partial charge >= 0.3 is 0 Å². The smallest absolute Gasteiger partial charge is 0.270 e. The van der Waals surface area contributed by atoms with Gasteiger partial charge in [0.25, 0.3) is 5.91 Å². The van der Waals surface area contributed by atoms with Gasteiger partial charge in [0, 0.05) is 30.2 Å². The molecule has 0 fully saturated rings. The fraction of sp³-hybridized carbons (Fsp3) is 0.129. The van der Waals surface area contributed by atoms with E-state index in [1.165, 1.54) is 12.1 Å². The molecule has 0 saturated heterocycles. The molecule has 0 radical (unpaired) electrons. The Labute approximate surface area is 225 Å². The molecule has 5 rings (SSSR count). The van der Waals surface area contributed by atoms with Crippen molar-refractivity contribution in [2.45, 2.75) is 13.1 Å². The van der Waals surface area contributed by atoms with Crippen molar-refractivity contribution in [1.29, 1.82) is 0 Å². The number of pyridine rings is 1. The molecule has 2 aromatic heterocycles. The molecule has 39 heavy (non-hydrogen) atoms. The van der Waals surface area contributed by atoms with Gasteiger partial charge < -0.3 is 20.3 Å². The molecular weight excluding hydrogens is 493 g/mol. The van der Waals surface area contributed by atoms with Crippen LogP contribution in [0.2, 0.25) is 0 Å². The second kappa shape index (κ2) is 11.3. The Kier molecular flexibility index (Phi) is 7.47. The maximum Gasteiger partial charge on any atom is 0.270 e. The number of aromatic nitrogens is 2. The lowest BCUT2D eigenvalue weighted by Gasteiger charge is -2.12. The van der Waals surface area contributed by atoms with Crippen LogP contribution in [-0.4, -0.2) is 45.7 Å². The predicted molar refractivity (Wildman–Crippen MR) is 151 cm³/mol. The summed E-state index contributed by atoms with van der Waals surface area (Å²) in [4.78, 5) is 26.5. The van der Waals surface area contributed by atoms with Gasteiger partial charge in [0.05, 0.1) is 22.5 Å². The van der Waals surface area contributed by atoms with Crippen LogP contribution in [0, 0.1) is 5.82 Å². The zero-order chi connectivity index (χ0) is 27.4. The van der Waals surface area contributed by atoms with Crippen molar-refractivity contribution in [3.63, 3.8) is 0 Å². The molecule has 0 aliphatic carbocycles. The number of rotatable bonds is 8. The number of fused-ring (bicyclic) bond motifs is 1. The van der Waals surface area contributed by atoms with Gasteiger partial charge in [0.15, 0.2) is 5.88 Å². The highest BCUT2D eigenvalue weighted by Crippen LogP contribution is 2.32. The molecule has 2 heterocycles. The summed E-state index contributed by atoms with van der Waals surface area (Å²) < 4.78 is 13.9. The normalized spacial score (nSPS) is 11.7. The summed E-state index contributed by atoms with van der Waals surface area (Å²) in [6, 6.07) is 25.0. The number of nitrogens with one attached hydrogen (secondary N) is 2. The lowest BCUT2D eigenvalue weighted by atomic mass is 9.99. The first-order valence-corrected chi connectivity index (χ1v) is 12.5. The number of hydrogen-bond donors (Lipinski definition) is 3. The molecule has 3 N–H and O–H groups in total. The third-order valence-corrected chi connectivity index (χ3v) is 6.20. The number of nitrogens with zero attached hydrogens (tertiary/aromatic N) is 3. The number of halogens is 1. The van der Waals surface area contributed by atoms with Crippen LogP contribution >= 0.6 is 0 Å². The number of aromatic hydroxyl groups is 1. The van der Waals surface area contributed by atoms with Crippen molar-refractivity contribution in [1.82, 2.24) is 20.2 Å². The molecule has 3 aromatic carbocycles. The molecule has 196 valence electrons. The summed E-state index contributed by atoms with van der Waals surface area (Å²) in [7, 11) is 4.02. The standard InChI is InChI=1S/C31H28FN5O2/c1-37(2)19-20-9-12-24(13-10-20)35-29(28-25-14-11-23(32)17-27(25)36-31(28)39)22-7-5-6-21(16-22)18-34-30(38)26-8-3-4-15-33-26/h3-17,36,39H,18-19H2,1-2H3,(H,34,38). The molecular formula is C31H28FN5O2. The number of carbonyl (C=O) groups excluding carboxylic acids is 1. The van der Waals surface area contributed by atoms with Crippen molar-refractivity contribution in [2.75, 3.05) is 14.1 Å². The van der Waals surface area contributed by atoms with Crippen LogP contribution in [0.25, 0.3) is 10.9 Å². The van der Waals surface area contributed by atoms with Gasteiger partial charge in [-0.1, -0.05) is 36.4 Å². The molecule has 0 bridgehead atoms. The van der Waals surface area contributed by atoms with Crippen LogP contribution < -0.4 is 5.32 Å². The molecule has 1 amide bonds. The average Bonchev–Trinajstić information content (AvgIpc) is 3.26. The van der Waals surface area contributed by atoms with E-state index in [2.05, 4.69) is 20.2 Å². The van der Waals surface area contributed by atoms with Crippen molar-refractivity contribution in [2.24, 2.45) is 4.99 Å². The van der Waals surface area contributed by atoms with Crippen LogP contribution in [0.4, 0.5) is 10.1 Å². The van der Waals surface area contributed by atoms with E-state index in [0.29, 0.717) is 33.6 Å². The summed E-state index contributed by atoms with van der Waals surface area (Å²) in [6.45, 7) is 1.08. The summed E-state index contributed by atoms with van der Waals surface area (Å²) in [5.74, 6) is -0.785. The van der Waals surface area contributed by atoms with Gasteiger partial charge in [-0.2, -0.15) is 0 Å². The van der Waals surface area contributed by atoms with Crippen molar-refractivity contribution < 1.29 is 14.3 Å². The number of benzene rings is 3. The summed E-state index contributed by atoms with van der Waals surface area (Å²) in [5.41, 5.74) is 5.22. The number of carbonyl (C=O) groups is 1. The SMILES string of the molecule is CN(C)Cc1ccc(N=C(c2cccc(CNC(=O)c3ccccn3)c2)c2c(O)[nH]c3cc(F)ccc23)cc1. The van der Waals surface area contributed by atoms with Crippen LogP contribution in [0.3, 0.4) is 0 Å². The third-order valence-electron chi connectivity index (χ3n) is 6.20. The highest BCUT2D eigenvalue weighted by molar-refractivity contribution is 6.22. The van der Waals surface area contributed by atoms with Gasteiger partial charge in [-0.15, -0.1) is 0 Å². The first-order chi connectivity index (χ1) is 18.9. The number of H-pyrrole nitrogens is 1. The van der Waals surface area contributed by atoms with E-state index in [4.69, 9.17) is 4.99 Å². The Hall–Kier alpha value is -4.82. The van der Waals surface area contributed by atoms with E-state index in [1.807, 2.05) is 62.6 Å². The number of amides is 1. The van der Waals surface area contributed by atoms with Gasteiger partial charge in [-0.25, -0.2) is 9.38 Å². The van der Waals surface area contributed by atoms with Gasteiger partial charge in [0.1, 0.15) is 11.5 Å². The second-order valence-electron chi connectivity index (χ2n) is 9.50. The highest BCUT2D eigenvalue weighted by atomic mass is 19.1. The van der Waals surface area contributed by atoms with Crippen molar-refractivity contribution in [3.8, 4) is 5.88 Å². The highest BCUT2D eigenvalue weighted by Gasteiger charge is 2.19. The molecule has 0 aliphatic heterocycles. The maximum absolute atomic E-state index is 13.9. The first-order valence-electron chi connectivity index (χ1n) is 12.5. The van der Waals surface area contributed by atoms with Crippen molar-refractivity contribution >= 4 is 28.2 Å². The van der Waals surface area contributed by atoms with Crippen LogP contribution in [0.1, 0.15) is 32.7 Å². The van der Waals surface area contributed by atoms with Crippen LogP contribution in [0.15, 0.2) is 96.1 Å². The third kappa shape index (κ3) is 6.02. The molecule has 7 nitrogen and oxygen atoms in total. The minimum atomic E-state index is -0.407. The predicted octanol–water partition coefficient (Wildman–Crippen LogP) is 5.57. The molecule has 0 atom stereocenters. The average molecular weight is 522 g/mol. The van der Waals surface area contributed by atoms with E-state index >= 15 is 0 Å². The van der Waals surface area contributed by atoms with Gasteiger partial charge in [0.2, 0.25) is 0 Å². The molecule has 0 aliphatic rings. The Morgan fingerprint density at radius 3 is 2.56 bits per heavy atom. The molecule has 0 saturated carbocycles. The Morgan fingerprint density at radius 1 is 1.00 bits per heavy atom. The zero-order valence-electron chi connectivity index (χ0n) is 21.6. The summed E-state index contributed by atoms with van der Waals surface area (Å²) in [6.07, 6.45) is 1.57. The number of aliphatic imine (C=N–C) groups is 1. The van der Waals surface area contributed by atoms with E-state index in [-0.39, 0.29) is 18.3 Å². The Bertz CT molecular complexity index is 1640. The number of aromatic amines is 1. The van der Waals surface area contributed by atoms with E-state index in [0.717, 1.165) is 23.2 Å². The fourth-order valence-corrected chi connectivity index (χ4v) is 4.43. The second-order valence-corrected chi connectivity index (χ2v) is 9.50. The minimum Gasteiger partial charge on any atom is -0.494 e.